The maximum absolute atomic E-state index is 12.2. The van der Waals surface area contributed by atoms with E-state index < -0.39 is 0 Å². The van der Waals surface area contributed by atoms with E-state index in [1.165, 1.54) is 0 Å². The van der Waals surface area contributed by atoms with E-state index in [-0.39, 0.29) is 5.91 Å². The molecule has 4 heteroatoms. The first-order valence-electron chi connectivity index (χ1n) is 7.32. The second-order valence-corrected chi connectivity index (χ2v) is 4.91. The van der Waals surface area contributed by atoms with E-state index in [0.29, 0.717) is 5.56 Å². The fourth-order valence-corrected chi connectivity index (χ4v) is 1.84. The lowest BCUT2D eigenvalue weighted by Crippen LogP contribution is -2.29. The Morgan fingerprint density at radius 1 is 1.25 bits per heavy atom. The van der Waals surface area contributed by atoms with E-state index in [2.05, 4.69) is 12.2 Å². The highest BCUT2D eigenvalue weighted by atomic mass is 16.5. The lowest BCUT2D eigenvalue weighted by Gasteiger charge is -2.17. The molecule has 112 valence electrons. The number of rotatable bonds is 9. The molecule has 0 aliphatic rings. The number of amides is 1. The molecule has 1 amide bonds. The van der Waals surface area contributed by atoms with Crippen molar-refractivity contribution in [2.75, 3.05) is 33.8 Å². The number of carbonyl (C=O) groups excluding carboxylic acids is 1. The molecule has 0 unspecified atom stereocenters. The van der Waals surface area contributed by atoms with Gasteiger partial charge in [-0.25, -0.2) is 0 Å². The summed E-state index contributed by atoms with van der Waals surface area (Å²) < 4.78 is 5.59. The van der Waals surface area contributed by atoms with E-state index in [1.54, 1.807) is 4.90 Å². The molecule has 0 atom stereocenters. The third-order valence-electron chi connectivity index (χ3n) is 3.13. The molecule has 1 aromatic carbocycles. The quantitative estimate of drug-likeness (QED) is 0.706. The predicted molar refractivity (Wildman–Crippen MR) is 82.3 cm³/mol. The normalized spacial score (nSPS) is 10.3. The predicted octanol–water partition coefficient (Wildman–Crippen LogP) is 2.55. The number of ether oxygens (including phenoxy) is 1. The van der Waals surface area contributed by atoms with Crippen LogP contribution in [0.5, 0.6) is 5.75 Å². The van der Waals surface area contributed by atoms with Crippen LogP contribution in [0.1, 0.15) is 36.5 Å². The molecule has 0 heterocycles. The smallest absolute Gasteiger partial charge is 0.253 e. The maximum atomic E-state index is 12.2. The van der Waals surface area contributed by atoms with Crippen LogP contribution in [-0.2, 0) is 0 Å². The summed E-state index contributed by atoms with van der Waals surface area (Å²) in [5.41, 5.74) is 0.708. The van der Waals surface area contributed by atoms with Gasteiger partial charge in [0.05, 0.1) is 6.61 Å². The molecule has 0 aliphatic carbocycles. The molecule has 0 bridgehead atoms. The standard InChI is InChI=1S/C16H26N2O2/c1-4-5-13-20-15-9-7-14(8-10-15)16(19)18(3)12-6-11-17-2/h7-10,17H,4-6,11-13H2,1-3H3. The second kappa shape index (κ2) is 9.37. The van der Waals surface area contributed by atoms with E-state index in [0.717, 1.165) is 44.7 Å². The fourth-order valence-electron chi connectivity index (χ4n) is 1.84. The molecule has 0 aliphatic heterocycles. The summed E-state index contributed by atoms with van der Waals surface area (Å²) in [6.07, 6.45) is 3.12. The number of carbonyl (C=O) groups is 1. The summed E-state index contributed by atoms with van der Waals surface area (Å²) in [4.78, 5) is 13.9. The summed E-state index contributed by atoms with van der Waals surface area (Å²) in [5, 5.41) is 3.08. The third kappa shape index (κ3) is 5.61. The first-order valence-corrected chi connectivity index (χ1v) is 7.32. The molecule has 0 radical (unpaired) electrons. The highest BCUT2D eigenvalue weighted by Crippen LogP contribution is 2.14. The number of nitrogens with one attached hydrogen (secondary N) is 1. The van der Waals surface area contributed by atoms with Crippen molar-refractivity contribution in [2.45, 2.75) is 26.2 Å². The minimum Gasteiger partial charge on any atom is -0.494 e. The number of unbranched alkanes of at least 4 members (excludes halogenated alkanes) is 1. The largest absolute Gasteiger partial charge is 0.494 e. The molecule has 0 spiro atoms. The molecule has 1 aromatic rings. The van der Waals surface area contributed by atoms with Crippen LogP contribution in [0.25, 0.3) is 0 Å². The van der Waals surface area contributed by atoms with Crippen molar-refractivity contribution in [2.24, 2.45) is 0 Å². The Hall–Kier alpha value is -1.55. The lowest BCUT2D eigenvalue weighted by molar-refractivity contribution is 0.0793. The van der Waals surface area contributed by atoms with Gasteiger partial charge in [-0.2, -0.15) is 0 Å². The summed E-state index contributed by atoms with van der Waals surface area (Å²) in [6, 6.07) is 7.39. The second-order valence-electron chi connectivity index (χ2n) is 4.91. The molecule has 0 saturated heterocycles. The highest BCUT2D eigenvalue weighted by molar-refractivity contribution is 5.94. The third-order valence-corrected chi connectivity index (χ3v) is 3.13. The van der Waals surface area contributed by atoms with Crippen molar-refractivity contribution in [1.82, 2.24) is 10.2 Å². The number of hydrogen-bond acceptors (Lipinski definition) is 3. The monoisotopic (exact) mass is 278 g/mol. The van der Waals surface area contributed by atoms with E-state index >= 15 is 0 Å². The summed E-state index contributed by atoms with van der Waals surface area (Å²) >= 11 is 0. The van der Waals surface area contributed by atoms with E-state index in [4.69, 9.17) is 4.74 Å². The molecular weight excluding hydrogens is 252 g/mol. The summed E-state index contributed by atoms with van der Waals surface area (Å²) in [7, 11) is 3.75. The van der Waals surface area contributed by atoms with Gasteiger partial charge < -0.3 is 15.0 Å². The Bertz CT molecular complexity index is 390. The Labute approximate surface area is 122 Å². The van der Waals surface area contributed by atoms with Gasteiger partial charge in [-0.1, -0.05) is 13.3 Å². The topological polar surface area (TPSA) is 41.6 Å². The van der Waals surface area contributed by atoms with E-state index in [9.17, 15) is 4.79 Å². The average Bonchev–Trinajstić information content (AvgIpc) is 2.47. The van der Waals surface area contributed by atoms with Crippen LogP contribution >= 0.6 is 0 Å². The van der Waals surface area contributed by atoms with Crippen LogP contribution in [0.4, 0.5) is 0 Å². The molecule has 0 fully saturated rings. The fraction of sp³-hybridized carbons (Fsp3) is 0.562. The van der Waals surface area contributed by atoms with Gasteiger partial charge in [0.1, 0.15) is 5.75 Å². The van der Waals surface area contributed by atoms with Crippen molar-refractivity contribution in [3.8, 4) is 5.75 Å². The Morgan fingerprint density at radius 3 is 2.55 bits per heavy atom. The van der Waals surface area contributed by atoms with Crippen LogP contribution in [-0.4, -0.2) is 44.6 Å². The van der Waals surface area contributed by atoms with Crippen molar-refractivity contribution < 1.29 is 9.53 Å². The van der Waals surface area contributed by atoms with Crippen LogP contribution < -0.4 is 10.1 Å². The van der Waals surface area contributed by atoms with E-state index in [1.807, 2.05) is 38.4 Å². The Morgan fingerprint density at radius 2 is 1.95 bits per heavy atom. The Balaban J connectivity index is 2.47. The average molecular weight is 278 g/mol. The number of hydrogen-bond donors (Lipinski definition) is 1. The van der Waals surface area contributed by atoms with Gasteiger partial charge in [0.2, 0.25) is 0 Å². The lowest BCUT2D eigenvalue weighted by atomic mass is 10.2. The van der Waals surface area contributed by atoms with Gasteiger partial charge in [-0.05, 0) is 50.7 Å². The van der Waals surface area contributed by atoms with Gasteiger partial charge in [0.25, 0.3) is 5.91 Å². The minimum absolute atomic E-state index is 0.0567. The molecule has 1 N–H and O–H groups in total. The molecule has 4 nitrogen and oxygen atoms in total. The van der Waals surface area contributed by atoms with Crippen molar-refractivity contribution in [1.29, 1.82) is 0 Å². The molecule has 0 saturated carbocycles. The molecule has 0 aromatic heterocycles. The van der Waals surface area contributed by atoms with Gasteiger partial charge in [0.15, 0.2) is 0 Å². The number of benzene rings is 1. The molecular formula is C16H26N2O2. The maximum Gasteiger partial charge on any atom is 0.253 e. The van der Waals surface area contributed by atoms with Gasteiger partial charge in [-0.3, -0.25) is 4.79 Å². The molecule has 1 rings (SSSR count). The Kier molecular flexibility index (Phi) is 7.73. The zero-order valence-electron chi connectivity index (χ0n) is 12.8. The number of nitrogens with zero attached hydrogens (tertiary/aromatic N) is 1. The zero-order chi connectivity index (χ0) is 14.8. The molecule has 20 heavy (non-hydrogen) atoms. The van der Waals surface area contributed by atoms with Gasteiger partial charge >= 0.3 is 0 Å². The van der Waals surface area contributed by atoms with Crippen molar-refractivity contribution >= 4 is 5.91 Å². The summed E-state index contributed by atoms with van der Waals surface area (Å²) in [6.45, 7) is 4.54. The van der Waals surface area contributed by atoms with Gasteiger partial charge in [-0.15, -0.1) is 0 Å². The van der Waals surface area contributed by atoms with Crippen molar-refractivity contribution in [3.05, 3.63) is 29.8 Å². The van der Waals surface area contributed by atoms with Crippen molar-refractivity contribution in [3.63, 3.8) is 0 Å². The highest BCUT2D eigenvalue weighted by Gasteiger charge is 2.10. The van der Waals surface area contributed by atoms with Crippen LogP contribution in [0.2, 0.25) is 0 Å². The van der Waals surface area contributed by atoms with Crippen LogP contribution in [0, 0.1) is 0 Å². The summed E-state index contributed by atoms with van der Waals surface area (Å²) in [5.74, 6) is 0.883. The zero-order valence-corrected chi connectivity index (χ0v) is 12.8. The first-order chi connectivity index (χ1) is 9.69. The minimum atomic E-state index is 0.0567. The van der Waals surface area contributed by atoms with Gasteiger partial charge in [0, 0.05) is 19.2 Å². The van der Waals surface area contributed by atoms with Crippen LogP contribution in [0.15, 0.2) is 24.3 Å². The first kappa shape index (κ1) is 16.5. The van der Waals surface area contributed by atoms with Crippen LogP contribution in [0.3, 0.4) is 0 Å². The SMILES string of the molecule is CCCCOc1ccc(C(=O)N(C)CCCNC)cc1.